The number of nitrogens with one attached hydrogen (secondary N) is 1. The van der Waals surface area contributed by atoms with Crippen LogP contribution in [-0.2, 0) is 4.79 Å². The van der Waals surface area contributed by atoms with Gasteiger partial charge in [0.05, 0.1) is 6.21 Å². The van der Waals surface area contributed by atoms with Crippen molar-refractivity contribution in [3.05, 3.63) is 29.8 Å². The highest BCUT2D eigenvalue weighted by atomic mass is 16.5. The monoisotopic (exact) mass is 251 g/mol. The molecule has 96 valence electrons. The Bertz CT molecular complexity index is 456. The highest BCUT2D eigenvalue weighted by Crippen LogP contribution is 2.13. The summed E-state index contributed by atoms with van der Waals surface area (Å²) in [7, 11) is 0. The van der Waals surface area contributed by atoms with Crippen LogP contribution in [0.2, 0.25) is 0 Å². The SMILES string of the molecule is CC(Oc1ccc(/C=N\NC(N)=O)cc1)C(=O)O. The fourth-order valence-electron chi connectivity index (χ4n) is 1.06. The summed E-state index contributed by atoms with van der Waals surface area (Å²) in [6.45, 7) is 1.44. The van der Waals surface area contributed by atoms with E-state index < -0.39 is 18.1 Å². The van der Waals surface area contributed by atoms with E-state index in [9.17, 15) is 9.59 Å². The van der Waals surface area contributed by atoms with Gasteiger partial charge in [0.15, 0.2) is 6.10 Å². The minimum absolute atomic E-state index is 0.435. The molecular weight excluding hydrogens is 238 g/mol. The van der Waals surface area contributed by atoms with Crippen molar-refractivity contribution in [3.63, 3.8) is 0 Å². The topological polar surface area (TPSA) is 114 Å². The van der Waals surface area contributed by atoms with E-state index in [0.29, 0.717) is 11.3 Å². The lowest BCUT2D eigenvalue weighted by Gasteiger charge is -2.09. The molecule has 1 aromatic carbocycles. The number of aliphatic carboxylic acids is 1. The van der Waals surface area contributed by atoms with Crippen molar-refractivity contribution in [1.29, 1.82) is 0 Å². The number of ether oxygens (including phenoxy) is 1. The van der Waals surface area contributed by atoms with Gasteiger partial charge in [-0.05, 0) is 36.8 Å². The summed E-state index contributed by atoms with van der Waals surface area (Å²) in [6.07, 6.45) is 0.482. The maximum atomic E-state index is 10.6. The predicted octanol–water partition coefficient (Wildman–Crippen LogP) is 0.541. The van der Waals surface area contributed by atoms with Gasteiger partial charge in [-0.15, -0.1) is 0 Å². The fraction of sp³-hybridized carbons (Fsp3) is 0.182. The molecule has 1 unspecified atom stereocenters. The van der Waals surface area contributed by atoms with Crippen LogP contribution in [0.5, 0.6) is 5.75 Å². The van der Waals surface area contributed by atoms with Gasteiger partial charge in [0, 0.05) is 0 Å². The van der Waals surface area contributed by atoms with Gasteiger partial charge in [-0.2, -0.15) is 5.10 Å². The van der Waals surface area contributed by atoms with Crippen LogP contribution >= 0.6 is 0 Å². The molecule has 7 heteroatoms. The molecule has 2 amide bonds. The van der Waals surface area contributed by atoms with Crippen molar-refractivity contribution in [2.45, 2.75) is 13.0 Å². The number of carbonyl (C=O) groups is 2. The summed E-state index contributed by atoms with van der Waals surface area (Å²) in [5, 5.41) is 12.2. The van der Waals surface area contributed by atoms with Crippen LogP contribution in [0.3, 0.4) is 0 Å². The number of carboxylic acid groups (broad SMARTS) is 1. The highest BCUT2D eigenvalue weighted by Gasteiger charge is 2.11. The van der Waals surface area contributed by atoms with Crippen LogP contribution in [0.4, 0.5) is 4.79 Å². The van der Waals surface area contributed by atoms with E-state index >= 15 is 0 Å². The van der Waals surface area contributed by atoms with Crippen LogP contribution < -0.4 is 15.9 Å². The van der Waals surface area contributed by atoms with E-state index in [4.69, 9.17) is 15.6 Å². The van der Waals surface area contributed by atoms with Crippen LogP contribution in [0, 0.1) is 0 Å². The van der Waals surface area contributed by atoms with E-state index in [0.717, 1.165) is 0 Å². The molecule has 1 atom stereocenters. The average molecular weight is 251 g/mol. The first-order valence-electron chi connectivity index (χ1n) is 5.07. The van der Waals surface area contributed by atoms with Gasteiger partial charge in [-0.3, -0.25) is 0 Å². The number of hydrogen-bond acceptors (Lipinski definition) is 4. The maximum Gasteiger partial charge on any atom is 0.344 e. The van der Waals surface area contributed by atoms with E-state index in [1.54, 1.807) is 24.3 Å². The van der Waals surface area contributed by atoms with Gasteiger partial charge < -0.3 is 15.6 Å². The molecule has 1 rings (SSSR count). The van der Waals surface area contributed by atoms with Crippen molar-refractivity contribution in [3.8, 4) is 5.75 Å². The smallest absolute Gasteiger partial charge is 0.344 e. The molecule has 0 aliphatic rings. The molecule has 0 aromatic heterocycles. The third-order valence-electron chi connectivity index (χ3n) is 1.93. The Labute approximate surface area is 103 Å². The Kier molecular flexibility index (Phi) is 4.67. The fourth-order valence-corrected chi connectivity index (χ4v) is 1.06. The van der Waals surface area contributed by atoms with Gasteiger partial charge in [-0.25, -0.2) is 15.0 Å². The molecule has 4 N–H and O–H groups in total. The lowest BCUT2D eigenvalue weighted by molar-refractivity contribution is -0.144. The predicted molar refractivity (Wildman–Crippen MR) is 64.5 cm³/mol. The van der Waals surface area contributed by atoms with Crippen LogP contribution in [-0.4, -0.2) is 29.4 Å². The lowest BCUT2D eigenvalue weighted by Crippen LogP contribution is -2.24. The molecule has 0 bridgehead atoms. The van der Waals surface area contributed by atoms with Crippen molar-refractivity contribution >= 4 is 18.2 Å². The summed E-state index contributed by atoms with van der Waals surface area (Å²) >= 11 is 0. The zero-order valence-corrected chi connectivity index (χ0v) is 9.66. The molecule has 18 heavy (non-hydrogen) atoms. The largest absolute Gasteiger partial charge is 0.479 e. The van der Waals surface area contributed by atoms with E-state index in [2.05, 4.69) is 10.5 Å². The zero-order chi connectivity index (χ0) is 13.5. The molecule has 0 saturated heterocycles. The molecule has 0 fully saturated rings. The van der Waals surface area contributed by atoms with Crippen molar-refractivity contribution in [2.75, 3.05) is 0 Å². The zero-order valence-electron chi connectivity index (χ0n) is 9.66. The van der Waals surface area contributed by atoms with Crippen LogP contribution in [0.1, 0.15) is 12.5 Å². The Morgan fingerprint density at radius 2 is 2.06 bits per heavy atom. The summed E-state index contributed by atoms with van der Waals surface area (Å²) in [4.78, 5) is 20.9. The van der Waals surface area contributed by atoms with Crippen LogP contribution in [0.15, 0.2) is 29.4 Å². The van der Waals surface area contributed by atoms with E-state index in [1.807, 2.05) is 0 Å². The third kappa shape index (κ3) is 4.52. The molecule has 7 nitrogen and oxygen atoms in total. The van der Waals surface area contributed by atoms with Gasteiger partial charge in [-0.1, -0.05) is 0 Å². The molecule has 1 aromatic rings. The number of hydrogen-bond donors (Lipinski definition) is 3. The second kappa shape index (κ2) is 6.24. The first kappa shape index (κ1) is 13.5. The Hall–Kier alpha value is -2.57. The summed E-state index contributed by atoms with van der Waals surface area (Å²) in [5.41, 5.74) is 7.59. The summed E-state index contributed by atoms with van der Waals surface area (Å²) in [6, 6.07) is 5.78. The average Bonchev–Trinajstić information content (AvgIpc) is 2.30. The van der Waals surface area contributed by atoms with E-state index in [1.165, 1.54) is 13.1 Å². The standard InChI is InChI=1S/C11H13N3O4/c1-7(10(15)16)18-9-4-2-8(3-5-9)6-13-14-11(12)17/h2-7H,1H3,(H,15,16)(H3,12,14,17)/b13-6-. The first-order valence-corrected chi connectivity index (χ1v) is 5.07. The second-order valence-corrected chi connectivity index (χ2v) is 3.40. The quantitative estimate of drug-likeness (QED) is 0.523. The number of carboxylic acids is 1. The van der Waals surface area contributed by atoms with Gasteiger partial charge in [0.2, 0.25) is 0 Å². The minimum Gasteiger partial charge on any atom is -0.479 e. The summed E-state index contributed by atoms with van der Waals surface area (Å²) < 4.78 is 5.14. The van der Waals surface area contributed by atoms with Crippen LogP contribution in [0.25, 0.3) is 0 Å². The third-order valence-corrected chi connectivity index (χ3v) is 1.93. The lowest BCUT2D eigenvalue weighted by atomic mass is 10.2. The molecule has 0 saturated carbocycles. The number of nitrogens with zero attached hydrogens (tertiary/aromatic N) is 1. The van der Waals surface area contributed by atoms with Crippen molar-refractivity contribution in [2.24, 2.45) is 10.8 Å². The Morgan fingerprint density at radius 3 is 2.56 bits per heavy atom. The molecule has 0 heterocycles. The van der Waals surface area contributed by atoms with Gasteiger partial charge in [0.25, 0.3) is 0 Å². The Morgan fingerprint density at radius 1 is 1.44 bits per heavy atom. The summed E-state index contributed by atoms with van der Waals surface area (Å²) in [5.74, 6) is -0.601. The minimum atomic E-state index is -1.04. The number of amides is 2. The number of benzene rings is 1. The number of urea groups is 1. The van der Waals surface area contributed by atoms with Crippen molar-refractivity contribution in [1.82, 2.24) is 5.43 Å². The molecule has 0 radical (unpaired) electrons. The second-order valence-electron chi connectivity index (χ2n) is 3.40. The number of carbonyl (C=O) groups excluding carboxylic acids is 1. The maximum absolute atomic E-state index is 10.6. The van der Waals surface area contributed by atoms with Gasteiger partial charge in [0.1, 0.15) is 5.75 Å². The normalized spacial score (nSPS) is 12.1. The number of primary amides is 1. The van der Waals surface area contributed by atoms with Crippen molar-refractivity contribution < 1.29 is 19.4 Å². The highest BCUT2D eigenvalue weighted by molar-refractivity contribution is 5.81. The number of nitrogens with two attached hydrogens (primary N) is 1. The molecule has 0 aliphatic carbocycles. The number of hydrazone groups is 1. The molecule has 0 spiro atoms. The Balaban J connectivity index is 2.60. The molecule has 0 aliphatic heterocycles. The number of rotatable bonds is 5. The molecular formula is C11H13N3O4. The van der Waals surface area contributed by atoms with E-state index in [-0.39, 0.29) is 0 Å². The first-order chi connectivity index (χ1) is 8.49. The van der Waals surface area contributed by atoms with Gasteiger partial charge >= 0.3 is 12.0 Å².